The van der Waals surface area contributed by atoms with Crippen molar-refractivity contribution in [2.45, 2.75) is 135 Å². The Labute approximate surface area is 309 Å². The van der Waals surface area contributed by atoms with Crippen molar-refractivity contribution in [2.75, 3.05) is 26.2 Å². The summed E-state index contributed by atoms with van der Waals surface area (Å²) in [7, 11) is 0. The Morgan fingerprint density at radius 2 is 1.63 bits per heavy atom. The van der Waals surface area contributed by atoms with Crippen molar-refractivity contribution in [1.29, 1.82) is 0 Å². The van der Waals surface area contributed by atoms with Crippen LogP contribution >= 0.6 is 0 Å². The van der Waals surface area contributed by atoms with Gasteiger partial charge < -0.3 is 36.2 Å². The number of nitrogens with one attached hydrogen (secondary N) is 5. The van der Waals surface area contributed by atoms with Crippen LogP contribution in [0.4, 0.5) is 9.59 Å². The van der Waals surface area contributed by atoms with E-state index in [1.165, 1.54) is 6.08 Å². The van der Waals surface area contributed by atoms with Gasteiger partial charge in [-0.15, -0.1) is 18.9 Å². The summed E-state index contributed by atoms with van der Waals surface area (Å²) in [6.45, 7) is 12.2. The maximum absolute atomic E-state index is 14.8. The molecule has 0 aromatic heterocycles. The highest BCUT2D eigenvalue weighted by molar-refractivity contribution is 6.38. The molecule has 1 aliphatic heterocycles. The van der Waals surface area contributed by atoms with Crippen LogP contribution in [0.1, 0.15) is 111 Å². The zero-order chi connectivity index (χ0) is 38.3. The molecule has 13 heteroatoms. The first-order chi connectivity index (χ1) is 24.9. The summed E-state index contributed by atoms with van der Waals surface area (Å²) in [6.07, 6.45) is 16.4. The monoisotopic (exact) mass is 726 g/mol. The minimum Gasteiger partial charge on any atom is -0.447 e. The summed E-state index contributed by atoms with van der Waals surface area (Å²) in [6, 6.07) is -3.99. The molecule has 1 saturated heterocycles. The fourth-order valence-corrected chi connectivity index (χ4v) is 8.14. The number of rotatable bonds is 17. The molecule has 13 nitrogen and oxygen atoms in total. The van der Waals surface area contributed by atoms with E-state index in [0.29, 0.717) is 19.5 Å². The summed E-state index contributed by atoms with van der Waals surface area (Å²) < 4.78 is 5.47. The number of carbonyl (C=O) groups excluding carboxylic acids is 6. The quantitative estimate of drug-likeness (QED) is 0.0857. The molecular weight excluding hydrogens is 664 g/mol. The van der Waals surface area contributed by atoms with Gasteiger partial charge in [0, 0.05) is 26.1 Å². The molecule has 5 N–H and O–H groups in total. The van der Waals surface area contributed by atoms with Crippen LogP contribution in [0, 0.1) is 35.5 Å². The average molecular weight is 727 g/mol. The molecule has 3 aliphatic rings. The lowest BCUT2D eigenvalue weighted by Crippen LogP contribution is -2.63. The van der Waals surface area contributed by atoms with Crippen LogP contribution in [0.15, 0.2) is 12.7 Å². The van der Waals surface area contributed by atoms with E-state index in [-0.39, 0.29) is 49.7 Å². The highest BCUT2D eigenvalue weighted by atomic mass is 16.5. The third kappa shape index (κ3) is 11.7. The molecule has 0 bridgehead atoms. The first-order valence-electron chi connectivity index (χ1n) is 19.3. The first-order valence-corrected chi connectivity index (χ1v) is 19.3. The summed E-state index contributed by atoms with van der Waals surface area (Å²) in [4.78, 5) is 82.4. The fraction of sp³-hybridized carbons (Fsp3) is 0.744. The lowest BCUT2D eigenvalue weighted by atomic mass is 9.70. The van der Waals surface area contributed by atoms with Crippen LogP contribution in [0.25, 0.3) is 0 Å². The van der Waals surface area contributed by atoms with Crippen molar-refractivity contribution >= 4 is 35.6 Å². The number of alkyl carbamates (subject to hydrolysis) is 1. The Balaban J connectivity index is 1.89. The fourth-order valence-electron chi connectivity index (χ4n) is 8.14. The number of likely N-dealkylation sites (tertiary alicyclic amines) is 1. The standard InChI is InChI=1S/C39H62N6O7/c1-7-10-19-29(32(46)35(48)41-23-8-2)42-34(47)31-28(26(4)5)20-24-45(31)36(49)33(39(6)21-15-12-16-22-39)44-37(50)43-30(25-52-38(51)40-9-3)27-17-13-11-14-18-27/h1,8,26-31,33H,2,9-25H2,3-6H3,(H,40,51)(H,41,48)(H,42,47)(H2,43,44,50)/t28-,29?,30-,31+,33-/m1/s1. The highest BCUT2D eigenvalue weighted by Gasteiger charge is 2.50. The van der Waals surface area contributed by atoms with Crippen molar-refractivity contribution in [3.8, 4) is 12.3 Å². The van der Waals surface area contributed by atoms with Crippen LogP contribution in [-0.4, -0.2) is 90.9 Å². The molecule has 0 radical (unpaired) electrons. The number of terminal acetylenes is 1. The smallest absolute Gasteiger partial charge is 0.407 e. The summed E-state index contributed by atoms with van der Waals surface area (Å²) in [5, 5.41) is 14.0. The van der Waals surface area contributed by atoms with Crippen LogP contribution in [0.5, 0.6) is 0 Å². The van der Waals surface area contributed by atoms with E-state index in [4.69, 9.17) is 11.2 Å². The van der Waals surface area contributed by atoms with Crippen molar-refractivity contribution < 1.29 is 33.5 Å². The van der Waals surface area contributed by atoms with Gasteiger partial charge in [-0.3, -0.25) is 19.2 Å². The van der Waals surface area contributed by atoms with Gasteiger partial charge in [-0.05, 0) is 68.6 Å². The van der Waals surface area contributed by atoms with E-state index < -0.39 is 59.3 Å². The number of ketones is 1. The molecule has 1 unspecified atom stereocenters. The van der Waals surface area contributed by atoms with E-state index in [1.54, 1.807) is 11.8 Å². The molecule has 0 spiro atoms. The number of urea groups is 1. The van der Waals surface area contributed by atoms with Gasteiger partial charge >= 0.3 is 12.1 Å². The Morgan fingerprint density at radius 1 is 0.962 bits per heavy atom. The lowest BCUT2D eigenvalue weighted by molar-refractivity contribution is -0.145. The van der Waals surface area contributed by atoms with E-state index in [1.807, 2.05) is 20.8 Å². The molecule has 5 atom stereocenters. The van der Waals surface area contributed by atoms with Crippen LogP contribution < -0.4 is 26.6 Å². The normalized spacial score (nSPS) is 21.8. The first kappa shape index (κ1) is 42.3. The Kier molecular flexibility index (Phi) is 17.0. The van der Waals surface area contributed by atoms with E-state index in [9.17, 15) is 28.8 Å². The maximum Gasteiger partial charge on any atom is 0.407 e. The number of nitrogens with zero attached hydrogens (tertiary/aromatic N) is 1. The predicted octanol–water partition coefficient (Wildman–Crippen LogP) is 3.96. The van der Waals surface area contributed by atoms with Crippen LogP contribution in [0.2, 0.25) is 0 Å². The molecule has 3 fully saturated rings. The molecular formula is C39H62N6O7. The molecule has 1 heterocycles. The van der Waals surface area contributed by atoms with Gasteiger partial charge in [-0.2, -0.15) is 0 Å². The Bertz CT molecular complexity index is 1300. The number of hydrogen-bond donors (Lipinski definition) is 5. The van der Waals surface area contributed by atoms with Crippen molar-refractivity contribution in [3.05, 3.63) is 12.7 Å². The summed E-state index contributed by atoms with van der Waals surface area (Å²) in [5.41, 5.74) is -0.573. The predicted molar refractivity (Wildman–Crippen MR) is 199 cm³/mol. The van der Waals surface area contributed by atoms with Gasteiger partial charge in [0.25, 0.3) is 5.91 Å². The van der Waals surface area contributed by atoms with Gasteiger partial charge in [-0.1, -0.05) is 65.4 Å². The van der Waals surface area contributed by atoms with E-state index >= 15 is 0 Å². The number of carbonyl (C=O) groups is 6. The molecule has 0 aromatic rings. The molecule has 2 aliphatic carbocycles. The van der Waals surface area contributed by atoms with Gasteiger partial charge in [-0.25, -0.2) is 9.59 Å². The Hall–Kier alpha value is -4.08. The van der Waals surface area contributed by atoms with E-state index in [0.717, 1.165) is 64.2 Å². The van der Waals surface area contributed by atoms with Crippen molar-refractivity contribution in [1.82, 2.24) is 31.5 Å². The minimum absolute atomic E-state index is 0.00934. The number of hydrogen-bond acceptors (Lipinski definition) is 7. The largest absolute Gasteiger partial charge is 0.447 e. The third-order valence-corrected chi connectivity index (χ3v) is 11.2. The van der Waals surface area contributed by atoms with Crippen molar-refractivity contribution in [2.24, 2.45) is 23.2 Å². The Morgan fingerprint density at radius 3 is 2.25 bits per heavy atom. The van der Waals surface area contributed by atoms with Crippen molar-refractivity contribution in [3.63, 3.8) is 0 Å². The van der Waals surface area contributed by atoms with Crippen LogP contribution in [-0.2, 0) is 23.9 Å². The average Bonchev–Trinajstić information content (AvgIpc) is 3.59. The number of Topliss-reactive ketones (excluding diaryl/α,β-unsaturated/α-hetero) is 1. The molecule has 0 aromatic carbocycles. The third-order valence-electron chi connectivity index (χ3n) is 11.2. The van der Waals surface area contributed by atoms with Crippen LogP contribution in [0.3, 0.4) is 0 Å². The second-order valence-corrected chi connectivity index (χ2v) is 15.2. The minimum atomic E-state index is -1.17. The second kappa shape index (κ2) is 20.8. The second-order valence-electron chi connectivity index (χ2n) is 15.2. The van der Waals surface area contributed by atoms with Gasteiger partial charge in [0.2, 0.25) is 17.6 Å². The topological polar surface area (TPSA) is 175 Å². The van der Waals surface area contributed by atoms with Gasteiger partial charge in [0.15, 0.2) is 0 Å². The number of ether oxygens (including phenoxy) is 1. The maximum atomic E-state index is 14.8. The van der Waals surface area contributed by atoms with Gasteiger partial charge in [0.1, 0.15) is 18.7 Å². The van der Waals surface area contributed by atoms with Gasteiger partial charge in [0.05, 0.1) is 12.1 Å². The molecule has 290 valence electrons. The molecule has 52 heavy (non-hydrogen) atoms. The summed E-state index contributed by atoms with van der Waals surface area (Å²) >= 11 is 0. The van der Waals surface area contributed by atoms with E-state index in [2.05, 4.69) is 39.1 Å². The zero-order valence-corrected chi connectivity index (χ0v) is 31.7. The lowest BCUT2D eigenvalue weighted by Gasteiger charge is -2.43. The SMILES string of the molecule is C#CCCC(NC(=O)[C@@H]1[C@@H](C(C)C)CCN1C(=O)[C@@H](NC(=O)N[C@H](COC(=O)NCC)C1CCCCC1)C1(C)CCCCC1)C(=O)C(=O)NCC=C. The molecule has 6 amide bonds. The number of amides is 6. The summed E-state index contributed by atoms with van der Waals surface area (Å²) in [5.74, 6) is -0.183. The zero-order valence-electron chi connectivity index (χ0n) is 31.7. The molecule has 3 rings (SSSR count). The highest BCUT2D eigenvalue weighted by Crippen LogP contribution is 2.41. The molecule has 2 saturated carbocycles.